The molecule has 1 rings (SSSR count). The van der Waals surface area contributed by atoms with Gasteiger partial charge in [-0.3, -0.25) is 4.79 Å². The molecule has 0 saturated carbocycles. The molecule has 0 aromatic carbocycles. The predicted molar refractivity (Wildman–Crippen MR) is 66.0 cm³/mol. The van der Waals surface area contributed by atoms with Gasteiger partial charge in [0.05, 0.1) is 0 Å². The highest BCUT2D eigenvalue weighted by atomic mass is 32.2. The normalized spacial score (nSPS) is 23.9. The Morgan fingerprint density at radius 2 is 2.40 bits per heavy atom. The van der Waals surface area contributed by atoms with Crippen molar-refractivity contribution in [1.29, 1.82) is 0 Å². The zero-order valence-electron chi connectivity index (χ0n) is 9.74. The second-order valence-electron chi connectivity index (χ2n) is 4.40. The smallest absolute Gasteiger partial charge is 0.222 e. The van der Waals surface area contributed by atoms with E-state index in [1.807, 2.05) is 16.7 Å². The van der Waals surface area contributed by atoms with Crippen molar-refractivity contribution < 1.29 is 4.79 Å². The molecular weight excluding hydrogens is 208 g/mol. The van der Waals surface area contributed by atoms with Crippen molar-refractivity contribution in [3.63, 3.8) is 0 Å². The minimum Gasteiger partial charge on any atom is -0.341 e. The number of carbonyl (C=O) groups excluding carboxylic acids is 1. The number of hydrogen-bond donors (Lipinski definition) is 1. The Kier molecular flexibility index (Phi) is 5.47. The van der Waals surface area contributed by atoms with Gasteiger partial charge in [-0.05, 0) is 18.9 Å². The summed E-state index contributed by atoms with van der Waals surface area (Å²) in [5.41, 5.74) is 5.53. The average Bonchev–Trinajstić information content (AvgIpc) is 2.25. The molecule has 2 atom stereocenters. The third-order valence-electron chi connectivity index (χ3n) is 2.85. The van der Waals surface area contributed by atoms with Crippen molar-refractivity contribution in [1.82, 2.24) is 4.90 Å². The van der Waals surface area contributed by atoms with Crippen LogP contribution >= 0.6 is 11.8 Å². The van der Waals surface area contributed by atoms with Crippen LogP contribution in [0.5, 0.6) is 0 Å². The second kappa shape index (κ2) is 6.38. The second-order valence-corrected chi connectivity index (χ2v) is 5.95. The van der Waals surface area contributed by atoms with Crippen molar-refractivity contribution >= 4 is 17.7 Å². The Balaban J connectivity index is 2.26. The molecule has 0 spiro atoms. The number of hydrogen-bond acceptors (Lipinski definition) is 3. The summed E-state index contributed by atoms with van der Waals surface area (Å²) >= 11 is 1.95. The molecule has 0 aromatic rings. The average molecular weight is 230 g/mol. The lowest BCUT2D eigenvalue weighted by molar-refractivity contribution is -0.131. The molecule has 0 radical (unpaired) electrons. The molecule has 88 valence electrons. The van der Waals surface area contributed by atoms with Gasteiger partial charge in [0.2, 0.25) is 5.91 Å². The molecule has 1 heterocycles. The standard InChI is InChI=1S/C11H22N2OS/c1-9(7-12)3-4-11(14)13-5-6-15-10(2)8-13/h9-10H,3-8,12H2,1-2H3. The summed E-state index contributed by atoms with van der Waals surface area (Å²) < 4.78 is 0. The maximum Gasteiger partial charge on any atom is 0.222 e. The van der Waals surface area contributed by atoms with Gasteiger partial charge in [-0.1, -0.05) is 13.8 Å². The van der Waals surface area contributed by atoms with Crippen molar-refractivity contribution in [3.05, 3.63) is 0 Å². The molecule has 1 amide bonds. The van der Waals surface area contributed by atoms with Gasteiger partial charge in [0, 0.05) is 30.5 Å². The van der Waals surface area contributed by atoms with Gasteiger partial charge in [-0.25, -0.2) is 0 Å². The number of carbonyl (C=O) groups is 1. The largest absolute Gasteiger partial charge is 0.341 e. The van der Waals surface area contributed by atoms with Crippen LogP contribution in [0.15, 0.2) is 0 Å². The van der Waals surface area contributed by atoms with E-state index in [4.69, 9.17) is 5.73 Å². The van der Waals surface area contributed by atoms with Crippen LogP contribution in [0, 0.1) is 5.92 Å². The van der Waals surface area contributed by atoms with Crippen LogP contribution in [0.4, 0.5) is 0 Å². The van der Waals surface area contributed by atoms with E-state index in [1.54, 1.807) is 0 Å². The first-order chi connectivity index (χ1) is 7.13. The lowest BCUT2D eigenvalue weighted by atomic mass is 10.1. The Labute approximate surface area is 96.8 Å². The SMILES string of the molecule is CC(CN)CCC(=O)N1CCSC(C)C1. The Morgan fingerprint density at radius 3 is 3.00 bits per heavy atom. The number of nitrogens with zero attached hydrogens (tertiary/aromatic N) is 1. The molecule has 1 aliphatic heterocycles. The first-order valence-corrected chi connectivity index (χ1v) is 6.77. The summed E-state index contributed by atoms with van der Waals surface area (Å²) in [6.45, 7) is 6.81. The fraction of sp³-hybridized carbons (Fsp3) is 0.909. The minimum absolute atomic E-state index is 0.308. The van der Waals surface area contributed by atoms with E-state index in [0.29, 0.717) is 30.0 Å². The summed E-state index contributed by atoms with van der Waals surface area (Å²) in [4.78, 5) is 13.8. The van der Waals surface area contributed by atoms with Crippen LogP contribution in [0.1, 0.15) is 26.7 Å². The summed E-state index contributed by atoms with van der Waals surface area (Å²) in [5, 5.41) is 0.592. The highest BCUT2D eigenvalue weighted by Crippen LogP contribution is 2.19. The van der Waals surface area contributed by atoms with E-state index < -0.39 is 0 Å². The van der Waals surface area contributed by atoms with Gasteiger partial charge in [0.25, 0.3) is 0 Å². The zero-order valence-corrected chi connectivity index (χ0v) is 10.6. The van der Waals surface area contributed by atoms with Gasteiger partial charge >= 0.3 is 0 Å². The van der Waals surface area contributed by atoms with E-state index in [-0.39, 0.29) is 0 Å². The first kappa shape index (κ1) is 12.8. The highest BCUT2D eigenvalue weighted by molar-refractivity contribution is 7.99. The molecule has 2 unspecified atom stereocenters. The molecule has 1 saturated heterocycles. The van der Waals surface area contributed by atoms with Crippen molar-refractivity contribution in [3.8, 4) is 0 Å². The van der Waals surface area contributed by atoms with E-state index >= 15 is 0 Å². The molecular formula is C11H22N2OS. The van der Waals surface area contributed by atoms with Crippen molar-refractivity contribution in [2.24, 2.45) is 11.7 Å². The lowest BCUT2D eigenvalue weighted by Gasteiger charge is -2.30. The molecule has 0 aromatic heterocycles. The summed E-state index contributed by atoms with van der Waals surface area (Å²) in [6, 6.07) is 0. The Bertz CT molecular complexity index is 211. The van der Waals surface area contributed by atoms with E-state index in [1.165, 1.54) is 0 Å². The third kappa shape index (κ3) is 4.43. The monoisotopic (exact) mass is 230 g/mol. The van der Waals surface area contributed by atoms with Crippen molar-refractivity contribution in [2.45, 2.75) is 31.9 Å². The van der Waals surface area contributed by atoms with E-state index in [9.17, 15) is 4.79 Å². The fourth-order valence-corrected chi connectivity index (χ4v) is 2.70. The quantitative estimate of drug-likeness (QED) is 0.792. The van der Waals surface area contributed by atoms with Gasteiger partial charge in [-0.15, -0.1) is 0 Å². The minimum atomic E-state index is 0.308. The molecule has 3 nitrogen and oxygen atoms in total. The van der Waals surface area contributed by atoms with E-state index in [0.717, 1.165) is 25.3 Å². The van der Waals surface area contributed by atoms with Gasteiger partial charge in [0.1, 0.15) is 0 Å². The summed E-state index contributed by atoms with van der Waals surface area (Å²) in [5.74, 6) is 1.85. The van der Waals surface area contributed by atoms with Crippen LogP contribution in [0.25, 0.3) is 0 Å². The molecule has 4 heteroatoms. The predicted octanol–water partition coefficient (Wildman–Crippen LogP) is 1.33. The Hall–Kier alpha value is -0.220. The lowest BCUT2D eigenvalue weighted by Crippen LogP contribution is -2.41. The number of thioether (sulfide) groups is 1. The molecule has 1 fully saturated rings. The molecule has 2 N–H and O–H groups in total. The number of amides is 1. The fourth-order valence-electron chi connectivity index (χ4n) is 1.69. The summed E-state index contributed by atoms with van der Waals surface area (Å²) in [6.07, 6.45) is 1.59. The van der Waals surface area contributed by atoms with Crippen LogP contribution in [-0.4, -0.2) is 41.4 Å². The maximum absolute atomic E-state index is 11.8. The van der Waals surface area contributed by atoms with Crippen LogP contribution in [0.3, 0.4) is 0 Å². The summed E-state index contributed by atoms with van der Waals surface area (Å²) in [7, 11) is 0. The molecule has 0 aliphatic carbocycles. The maximum atomic E-state index is 11.8. The van der Waals surface area contributed by atoms with Gasteiger partial charge in [0.15, 0.2) is 0 Å². The first-order valence-electron chi connectivity index (χ1n) is 5.73. The molecule has 15 heavy (non-hydrogen) atoms. The number of rotatable bonds is 4. The van der Waals surface area contributed by atoms with Gasteiger partial charge < -0.3 is 10.6 Å². The van der Waals surface area contributed by atoms with Crippen LogP contribution in [-0.2, 0) is 4.79 Å². The number of nitrogens with two attached hydrogens (primary N) is 1. The van der Waals surface area contributed by atoms with Crippen molar-refractivity contribution in [2.75, 3.05) is 25.4 Å². The third-order valence-corrected chi connectivity index (χ3v) is 3.98. The molecule has 0 bridgehead atoms. The van der Waals surface area contributed by atoms with E-state index in [2.05, 4.69) is 13.8 Å². The highest BCUT2D eigenvalue weighted by Gasteiger charge is 2.21. The van der Waals surface area contributed by atoms with Crippen LogP contribution in [0.2, 0.25) is 0 Å². The topological polar surface area (TPSA) is 46.3 Å². The Morgan fingerprint density at radius 1 is 1.67 bits per heavy atom. The zero-order chi connectivity index (χ0) is 11.3. The van der Waals surface area contributed by atoms with Gasteiger partial charge in [-0.2, -0.15) is 11.8 Å². The molecule has 1 aliphatic rings. The van der Waals surface area contributed by atoms with Crippen LogP contribution < -0.4 is 5.73 Å².